The first-order valence-corrected chi connectivity index (χ1v) is 20.0. The van der Waals surface area contributed by atoms with Gasteiger partial charge in [-0.3, -0.25) is 0 Å². The standard InChI is InChI=1S/C42H66N6O2/c1-45(2)37-26-22-35(23-27-37)43-41(49)47(39-18-11-7-5-8-12-19-39)31-33-16-15-17-34(30-33)32-48(40-20-13-9-6-10-14-21-40)42(50)44-36-24-28-38(29-25-36)46(3)4/h22-29,33-34,39-40H,5-21,30-32H2,1-4H3,(H,43,49)(H,44,50)/t33-,34+. The minimum absolute atomic E-state index is 0.0473. The number of nitrogens with one attached hydrogen (secondary N) is 2. The molecule has 8 nitrogen and oxygen atoms in total. The fourth-order valence-corrected chi connectivity index (χ4v) is 8.65. The van der Waals surface area contributed by atoms with Gasteiger partial charge in [-0.1, -0.05) is 70.6 Å². The van der Waals surface area contributed by atoms with Crippen LogP contribution in [0.5, 0.6) is 0 Å². The molecule has 0 aromatic heterocycles. The highest BCUT2D eigenvalue weighted by atomic mass is 16.2. The second-order valence-electron chi connectivity index (χ2n) is 15.9. The molecule has 2 aromatic rings. The third-order valence-electron chi connectivity index (χ3n) is 11.6. The third kappa shape index (κ3) is 11.3. The van der Waals surface area contributed by atoms with E-state index in [-0.39, 0.29) is 24.1 Å². The Bertz CT molecular complexity index is 1200. The average molecular weight is 687 g/mol. The van der Waals surface area contributed by atoms with Gasteiger partial charge in [0.2, 0.25) is 0 Å². The summed E-state index contributed by atoms with van der Waals surface area (Å²) in [5.41, 5.74) is 3.96. The fourth-order valence-electron chi connectivity index (χ4n) is 8.65. The smallest absolute Gasteiger partial charge is 0.322 e. The lowest BCUT2D eigenvalue weighted by atomic mass is 9.80. The molecule has 0 saturated heterocycles. The molecule has 0 heterocycles. The van der Waals surface area contributed by atoms with Crippen LogP contribution in [-0.4, -0.2) is 75.2 Å². The van der Waals surface area contributed by atoms with E-state index in [0.717, 1.165) is 87.2 Å². The second-order valence-corrected chi connectivity index (χ2v) is 15.9. The molecule has 0 aliphatic heterocycles. The summed E-state index contributed by atoms with van der Waals surface area (Å²) in [6.45, 7) is 1.60. The summed E-state index contributed by atoms with van der Waals surface area (Å²) in [6, 6.07) is 17.0. The second kappa shape index (κ2) is 19.3. The number of urea groups is 2. The SMILES string of the molecule is CN(C)c1ccc(NC(=O)N(C[C@@H]2CCC[C@H](CN(C(=O)Nc3ccc(N(C)C)cc3)C3CCCCCCC3)C2)C2CCCCCCC2)cc1. The van der Waals surface area contributed by atoms with Crippen LogP contribution < -0.4 is 20.4 Å². The van der Waals surface area contributed by atoms with Gasteiger partial charge in [-0.05, 0) is 105 Å². The Hall–Kier alpha value is -3.42. The van der Waals surface area contributed by atoms with Crippen molar-refractivity contribution in [2.24, 2.45) is 11.8 Å². The van der Waals surface area contributed by atoms with Crippen LogP contribution in [0.4, 0.5) is 32.3 Å². The number of rotatable bonds is 10. The van der Waals surface area contributed by atoms with Gasteiger partial charge in [-0.25, -0.2) is 9.59 Å². The molecule has 3 fully saturated rings. The van der Waals surface area contributed by atoms with Crippen molar-refractivity contribution in [3.8, 4) is 0 Å². The van der Waals surface area contributed by atoms with E-state index >= 15 is 0 Å². The Morgan fingerprint density at radius 1 is 0.500 bits per heavy atom. The van der Waals surface area contributed by atoms with E-state index in [1.54, 1.807) is 0 Å². The van der Waals surface area contributed by atoms with Gasteiger partial charge in [0.1, 0.15) is 0 Å². The molecule has 276 valence electrons. The van der Waals surface area contributed by atoms with Crippen molar-refractivity contribution in [1.29, 1.82) is 0 Å². The molecule has 0 bridgehead atoms. The molecule has 5 rings (SSSR count). The van der Waals surface area contributed by atoms with Crippen molar-refractivity contribution in [2.45, 2.75) is 128 Å². The molecule has 3 aliphatic carbocycles. The Morgan fingerprint density at radius 3 is 1.18 bits per heavy atom. The first-order chi connectivity index (χ1) is 24.3. The van der Waals surface area contributed by atoms with Crippen molar-refractivity contribution in [3.63, 3.8) is 0 Å². The normalized spacial score (nSPS) is 21.1. The molecule has 0 unspecified atom stereocenters. The van der Waals surface area contributed by atoms with Crippen LogP contribution in [0, 0.1) is 11.8 Å². The first-order valence-electron chi connectivity index (χ1n) is 20.0. The van der Waals surface area contributed by atoms with E-state index in [1.807, 2.05) is 52.5 Å². The number of anilines is 4. The highest BCUT2D eigenvalue weighted by molar-refractivity contribution is 5.90. The summed E-state index contributed by atoms with van der Waals surface area (Å²) in [7, 11) is 8.15. The predicted octanol–water partition coefficient (Wildman–Crippen LogP) is 10.2. The van der Waals surface area contributed by atoms with E-state index in [4.69, 9.17) is 0 Å². The van der Waals surface area contributed by atoms with Gasteiger partial charge < -0.3 is 30.2 Å². The Labute approximate surface area is 303 Å². The number of hydrogen-bond acceptors (Lipinski definition) is 4. The van der Waals surface area contributed by atoms with Crippen molar-refractivity contribution in [1.82, 2.24) is 9.80 Å². The number of carbonyl (C=O) groups is 2. The Kier molecular flexibility index (Phi) is 14.6. The van der Waals surface area contributed by atoms with E-state index in [1.165, 1.54) is 64.2 Å². The molecule has 3 aliphatic rings. The minimum atomic E-state index is 0.0473. The summed E-state index contributed by atoms with van der Waals surface area (Å²) < 4.78 is 0. The summed E-state index contributed by atoms with van der Waals surface area (Å²) >= 11 is 0. The molecule has 8 heteroatoms. The molecule has 0 spiro atoms. The number of carbonyl (C=O) groups excluding carboxylic acids is 2. The van der Waals surface area contributed by atoms with E-state index in [0.29, 0.717) is 11.8 Å². The van der Waals surface area contributed by atoms with Crippen molar-refractivity contribution in [3.05, 3.63) is 48.5 Å². The number of hydrogen-bond donors (Lipinski definition) is 2. The van der Waals surface area contributed by atoms with Crippen LogP contribution in [0.2, 0.25) is 0 Å². The summed E-state index contributed by atoms with van der Waals surface area (Å²) in [5.74, 6) is 0.892. The fraction of sp³-hybridized carbons (Fsp3) is 0.667. The molecule has 2 N–H and O–H groups in total. The maximum absolute atomic E-state index is 14.1. The van der Waals surface area contributed by atoms with Crippen LogP contribution in [0.3, 0.4) is 0 Å². The lowest BCUT2D eigenvalue weighted by Crippen LogP contribution is -2.48. The lowest BCUT2D eigenvalue weighted by molar-refractivity contribution is 0.116. The highest BCUT2D eigenvalue weighted by Gasteiger charge is 2.33. The quantitative estimate of drug-likeness (QED) is 0.261. The maximum Gasteiger partial charge on any atom is 0.322 e. The predicted molar refractivity (Wildman–Crippen MR) is 211 cm³/mol. The topological polar surface area (TPSA) is 71.2 Å². The first kappa shape index (κ1) is 37.8. The maximum atomic E-state index is 14.1. The third-order valence-corrected chi connectivity index (χ3v) is 11.6. The van der Waals surface area contributed by atoms with Gasteiger partial charge in [0.05, 0.1) is 0 Å². The van der Waals surface area contributed by atoms with E-state index < -0.39 is 0 Å². The highest BCUT2D eigenvalue weighted by Crippen LogP contribution is 2.34. The van der Waals surface area contributed by atoms with Crippen LogP contribution in [-0.2, 0) is 0 Å². The van der Waals surface area contributed by atoms with Crippen molar-refractivity contribution >= 4 is 34.8 Å². The zero-order valence-electron chi connectivity index (χ0n) is 31.7. The number of amides is 4. The molecule has 4 amide bonds. The molecule has 0 radical (unpaired) electrons. The van der Waals surface area contributed by atoms with Crippen LogP contribution in [0.1, 0.15) is 116 Å². The lowest BCUT2D eigenvalue weighted by Gasteiger charge is -2.40. The molecule has 50 heavy (non-hydrogen) atoms. The molecular formula is C42H66N6O2. The van der Waals surface area contributed by atoms with Gasteiger partial charge in [-0.2, -0.15) is 0 Å². The Balaban J connectivity index is 1.28. The zero-order valence-corrected chi connectivity index (χ0v) is 31.7. The van der Waals surface area contributed by atoms with Gasteiger partial charge >= 0.3 is 12.1 Å². The van der Waals surface area contributed by atoms with E-state index in [9.17, 15) is 9.59 Å². The van der Waals surface area contributed by atoms with Crippen LogP contribution in [0.15, 0.2) is 48.5 Å². The van der Waals surface area contributed by atoms with Crippen molar-refractivity contribution in [2.75, 3.05) is 61.7 Å². The monoisotopic (exact) mass is 687 g/mol. The molecular weight excluding hydrogens is 621 g/mol. The van der Waals surface area contributed by atoms with Crippen LogP contribution >= 0.6 is 0 Å². The van der Waals surface area contributed by atoms with E-state index in [2.05, 4.69) is 54.5 Å². The van der Waals surface area contributed by atoms with Gasteiger partial charge in [0, 0.05) is 76.1 Å². The molecule has 2 aromatic carbocycles. The van der Waals surface area contributed by atoms with Gasteiger partial charge in [0.15, 0.2) is 0 Å². The summed E-state index contributed by atoms with van der Waals surface area (Å²) in [6.07, 6.45) is 21.4. The molecule has 3 saturated carbocycles. The number of benzene rings is 2. The average Bonchev–Trinajstić information content (AvgIpc) is 3.07. The van der Waals surface area contributed by atoms with Crippen molar-refractivity contribution < 1.29 is 9.59 Å². The van der Waals surface area contributed by atoms with Gasteiger partial charge in [-0.15, -0.1) is 0 Å². The Morgan fingerprint density at radius 2 is 0.840 bits per heavy atom. The largest absolute Gasteiger partial charge is 0.378 e. The zero-order chi connectivity index (χ0) is 35.3. The summed E-state index contributed by atoms with van der Waals surface area (Å²) in [5, 5.41) is 6.56. The van der Waals surface area contributed by atoms with Crippen LogP contribution in [0.25, 0.3) is 0 Å². The molecule has 2 atom stereocenters. The number of nitrogens with zero attached hydrogens (tertiary/aromatic N) is 4. The minimum Gasteiger partial charge on any atom is -0.378 e. The summed E-state index contributed by atoms with van der Waals surface area (Å²) in [4.78, 5) is 36.8. The van der Waals surface area contributed by atoms with Gasteiger partial charge in [0.25, 0.3) is 0 Å².